The molecule has 10 heavy (non-hydrogen) atoms. The molecule has 0 bridgehead atoms. The van der Waals surface area contributed by atoms with Crippen LogP contribution in [0.5, 0.6) is 0 Å². The van der Waals surface area contributed by atoms with E-state index in [1.807, 2.05) is 0 Å². The first-order chi connectivity index (χ1) is 4.57. The first kappa shape index (κ1) is 10.3. The monoisotopic (exact) mass is 270 g/mol. The molecule has 0 atom stereocenters. The van der Waals surface area contributed by atoms with Crippen molar-refractivity contribution in [3.8, 4) is 0 Å². The van der Waals surface area contributed by atoms with E-state index < -0.39 is 0 Å². The summed E-state index contributed by atoms with van der Waals surface area (Å²) in [4.78, 5) is 21.4. The van der Waals surface area contributed by atoms with Gasteiger partial charge in [-0.25, -0.2) is 0 Å². The van der Waals surface area contributed by atoms with E-state index in [9.17, 15) is 9.59 Å². The van der Waals surface area contributed by atoms with Crippen LogP contribution in [0.25, 0.3) is 0 Å². The lowest BCUT2D eigenvalue weighted by Crippen LogP contribution is -2.14. The van der Waals surface area contributed by atoms with Crippen LogP contribution in [0.3, 0.4) is 0 Å². The smallest absolute Gasteiger partial charge is 0.200 e. The fourth-order valence-electron chi connectivity index (χ4n) is 0.451. The maximum Gasteiger partial charge on any atom is 0.200 e. The minimum Gasteiger partial charge on any atom is -0.291 e. The summed E-state index contributed by atoms with van der Waals surface area (Å²) in [6.45, 7) is 1.68. The molecule has 0 aliphatic carbocycles. The molecule has 0 aromatic rings. The lowest BCUT2D eigenvalue weighted by atomic mass is 10.2. The topological polar surface area (TPSA) is 34.1 Å². The van der Waals surface area contributed by atoms with Crippen molar-refractivity contribution in [2.24, 2.45) is 0 Å². The molecule has 0 fully saturated rings. The van der Waals surface area contributed by atoms with Gasteiger partial charge >= 0.3 is 0 Å². The summed E-state index contributed by atoms with van der Waals surface area (Å²) in [6, 6.07) is 0. The highest BCUT2D eigenvalue weighted by atomic mass is 79.9. The number of carbonyl (C=O) groups excluding carboxylic acids is 2. The Bertz CT molecular complexity index is 143. The lowest BCUT2D eigenvalue weighted by Gasteiger charge is -1.96. The van der Waals surface area contributed by atoms with E-state index in [1.54, 1.807) is 6.92 Å². The Morgan fingerprint density at radius 2 is 1.80 bits per heavy atom. The van der Waals surface area contributed by atoms with Crippen molar-refractivity contribution >= 4 is 43.4 Å². The van der Waals surface area contributed by atoms with Gasteiger partial charge in [0.15, 0.2) is 11.6 Å². The fraction of sp³-hybridized carbons (Fsp3) is 0.667. The van der Waals surface area contributed by atoms with Gasteiger partial charge in [-0.3, -0.25) is 9.59 Å². The van der Waals surface area contributed by atoms with Gasteiger partial charge in [0.1, 0.15) is 0 Å². The van der Waals surface area contributed by atoms with Gasteiger partial charge in [-0.1, -0.05) is 38.8 Å². The van der Waals surface area contributed by atoms with Crippen LogP contribution in [-0.4, -0.2) is 15.3 Å². The van der Waals surface area contributed by atoms with Crippen LogP contribution in [0.2, 0.25) is 0 Å². The molecule has 0 saturated carbocycles. The van der Waals surface area contributed by atoms with Crippen LogP contribution in [0.1, 0.15) is 19.8 Å². The van der Waals surface area contributed by atoms with Crippen LogP contribution in [-0.2, 0) is 9.59 Å². The highest BCUT2D eigenvalue weighted by molar-refractivity contribution is 9.24. The third-order valence-electron chi connectivity index (χ3n) is 0.972. The van der Waals surface area contributed by atoms with Gasteiger partial charge in [0, 0.05) is 12.8 Å². The summed E-state index contributed by atoms with van der Waals surface area (Å²) in [6.07, 6.45) is 0.526. The molecular weight excluding hydrogens is 264 g/mol. The average molecular weight is 272 g/mol. The van der Waals surface area contributed by atoms with Gasteiger partial charge in [0.2, 0.25) is 0 Å². The van der Waals surface area contributed by atoms with Crippen molar-refractivity contribution in [1.29, 1.82) is 0 Å². The third-order valence-corrected chi connectivity index (χ3v) is 1.62. The van der Waals surface area contributed by atoms with Crippen molar-refractivity contribution in [3.05, 3.63) is 0 Å². The van der Waals surface area contributed by atoms with Crippen molar-refractivity contribution in [2.75, 3.05) is 0 Å². The Morgan fingerprint density at radius 3 is 2.10 bits per heavy atom. The van der Waals surface area contributed by atoms with Crippen molar-refractivity contribution in [2.45, 2.75) is 23.5 Å². The lowest BCUT2D eigenvalue weighted by molar-refractivity contribution is -0.136. The molecule has 0 rings (SSSR count). The molecule has 0 aromatic heterocycles. The first-order valence-electron chi connectivity index (χ1n) is 2.92. The summed E-state index contributed by atoms with van der Waals surface area (Å²) in [5.74, 6) is -0.620. The summed E-state index contributed by atoms with van der Waals surface area (Å²) in [5.41, 5.74) is 0. The van der Waals surface area contributed by atoms with E-state index in [4.69, 9.17) is 0 Å². The van der Waals surface area contributed by atoms with E-state index >= 15 is 0 Å². The second-order valence-corrected chi connectivity index (χ2v) is 5.23. The number of Topliss-reactive ketones (excluding diaryl/α,β-unsaturated/α-hetero) is 2. The molecule has 0 amide bonds. The van der Waals surface area contributed by atoms with Crippen LogP contribution >= 0.6 is 31.9 Å². The van der Waals surface area contributed by atoms with E-state index in [2.05, 4.69) is 31.9 Å². The highest BCUT2D eigenvalue weighted by Gasteiger charge is 2.13. The molecule has 4 heteroatoms. The molecule has 0 aromatic carbocycles. The number of hydrogen-bond acceptors (Lipinski definition) is 2. The quantitative estimate of drug-likeness (QED) is 0.579. The van der Waals surface area contributed by atoms with Crippen molar-refractivity contribution < 1.29 is 9.59 Å². The average Bonchev–Trinajstić information content (AvgIpc) is 1.85. The second-order valence-electron chi connectivity index (χ2n) is 1.80. The zero-order valence-corrected chi connectivity index (χ0v) is 8.74. The SMILES string of the molecule is CCC(=O)C(=O)CC(Br)Br. The van der Waals surface area contributed by atoms with Gasteiger partial charge in [-0.05, 0) is 0 Å². The number of ketones is 2. The Hall–Kier alpha value is 0.300. The minimum absolute atomic E-state index is 0.0806. The minimum atomic E-state index is -0.318. The van der Waals surface area contributed by atoms with Gasteiger partial charge in [0.25, 0.3) is 0 Å². The molecule has 0 heterocycles. The van der Waals surface area contributed by atoms with Gasteiger partial charge in [0.05, 0.1) is 3.74 Å². The standard InChI is InChI=1S/C6H8Br2O2/c1-2-4(9)5(10)3-6(7)8/h6H,2-3H2,1H3. The Morgan fingerprint density at radius 1 is 1.30 bits per heavy atom. The molecule has 0 N–H and O–H groups in total. The number of hydrogen-bond donors (Lipinski definition) is 0. The zero-order valence-electron chi connectivity index (χ0n) is 5.56. The molecule has 0 saturated heterocycles. The molecule has 2 nitrogen and oxygen atoms in total. The summed E-state index contributed by atoms with van der Waals surface area (Å²) < 4.78 is -0.0806. The molecular formula is C6H8Br2O2. The van der Waals surface area contributed by atoms with E-state index in [0.29, 0.717) is 6.42 Å². The van der Waals surface area contributed by atoms with Gasteiger partial charge in [-0.15, -0.1) is 0 Å². The molecule has 0 spiro atoms. The van der Waals surface area contributed by atoms with Gasteiger partial charge < -0.3 is 0 Å². The summed E-state index contributed by atoms with van der Waals surface area (Å²) >= 11 is 6.23. The van der Waals surface area contributed by atoms with E-state index in [-0.39, 0.29) is 21.7 Å². The largest absolute Gasteiger partial charge is 0.291 e. The predicted molar refractivity (Wildman–Crippen MR) is 46.6 cm³/mol. The second kappa shape index (κ2) is 5.02. The highest BCUT2D eigenvalue weighted by Crippen LogP contribution is 2.13. The summed E-state index contributed by atoms with van der Waals surface area (Å²) in [5, 5.41) is 0. The molecule has 0 aliphatic heterocycles. The Balaban J connectivity index is 3.74. The van der Waals surface area contributed by atoms with Gasteiger partial charge in [-0.2, -0.15) is 0 Å². The normalized spacial score (nSPS) is 10.0. The molecule has 0 aliphatic rings. The third kappa shape index (κ3) is 4.17. The maximum atomic E-state index is 10.8. The fourth-order valence-corrected chi connectivity index (χ4v) is 1.04. The molecule has 0 radical (unpaired) electrons. The summed E-state index contributed by atoms with van der Waals surface area (Å²) in [7, 11) is 0. The van der Waals surface area contributed by atoms with E-state index in [1.165, 1.54) is 0 Å². The molecule has 58 valence electrons. The predicted octanol–water partition coefficient (Wildman–Crippen LogP) is 2.04. The van der Waals surface area contributed by atoms with Crippen molar-refractivity contribution in [3.63, 3.8) is 0 Å². The number of halogens is 2. The Labute approximate surface area is 76.6 Å². The molecule has 0 unspecified atom stereocenters. The first-order valence-corrected chi connectivity index (χ1v) is 4.75. The van der Waals surface area contributed by atoms with Crippen LogP contribution in [0, 0.1) is 0 Å². The van der Waals surface area contributed by atoms with Crippen LogP contribution < -0.4 is 0 Å². The van der Waals surface area contributed by atoms with E-state index in [0.717, 1.165) is 0 Å². The maximum absolute atomic E-state index is 10.8. The van der Waals surface area contributed by atoms with Crippen LogP contribution in [0.15, 0.2) is 0 Å². The number of alkyl halides is 2. The van der Waals surface area contributed by atoms with Crippen molar-refractivity contribution in [1.82, 2.24) is 0 Å². The number of carbonyl (C=O) groups is 2. The Kier molecular flexibility index (Phi) is 5.17. The number of rotatable bonds is 4. The van der Waals surface area contributed by atoms with Crippen LogP contribution in [0.4, 0.5) is 0 Å². The zero-order chi connectivity index (χ0) is 8.15.